The third kappa shape index (κ3) is 3.35. The van der Waals surface area contributed by atoms with Crippen LogP contribution in [0.5, 0.6) is 0 Å². The normalized spacial score (nSPS) is 20.8. The molecule has 1 aliphatic heterocycles. The second kappa shape index (κ2) is 6.28. The van der Waals surface area contributed by atoms with Crippen molar-refractivity contribution in [1.29, 1.82) is 0 Å². The van der Waals surface area contributed by atoms with E-state index in [4.69, 9.17) is 21.1 Å². The lowest BCUT2D eigenvalue weighted by Gasteiger charge is -2.32. The fourth-order valence-corrected chi connectivity index (χ4v) is 3.31. The number of halogens is 1. The molecule has 21 heavy (non-hydrogen) atoms. The molecule has 0 N–H and O–H groups in total. The van der Waals surface area contributed by atoms with Crippen LogP contribution < -0.4 is 0 Å². The minimum atomic E-state index is -1.00. The SMILES string of the molecule is CCOC(=O)C1(C)Sc2cc(Cl)ccc2N=C1OC(C)C. The van der Waals surface area contributed by atoms with Gasteiger partial charge in [0, 0.05) is 9.92 Å². The Bertz CT molecular complexity index is 588. The molecule has 114 valence electrons. The number of carbonyl (C=O) groups is 1. The van der Waals surface area contributed by atoms with E-state index in [1.807, 2.05) is 19.9 Å². The monoisotopic (exact) mass is 327 g/mol. The van der Waals surface area contributed by atoms with Gasteiger partial charge in [0.2, 0.25) is 5.90 Å². The molecular weight excluding hydrogens is 310 g/mol. The highest BCUT2D eigenvalue weighted by molar-refractivity contribution is 8.02. The second-order valence-corrected chi connectivity index (χ2v) is 6.95. The standard InChI is InChI=1S/C15H18ClNO3S/c1-5-19-14(18)15(4)13(20-9(2)3)17-11-7-6-10(16)8-12(11)21-15/h6-9H,5H2,1-4H3. The molecule has 0 aromatic heterocycles. The molecule has 1 aliphatic rings. The van der Waals surface area contributed by atoms with E-state index in [-0.39, 0.29) is 12.1 Å². The predicted molar refractivity (Wildman–Crippen MR) is 85.7 cm³/mol. The number of aliphatic imine (C=N–C) groups is 1. The lowest BCUT2D eigenvalue weighted by molar-refractivity contribution is -0.144. The van der Waals surface area contributed by atoms with Crippen LogP contribution in [0.1, 0.15) is 27.7 Å². The summed E-state index contributed by atoms with van der Waals surface area (Å²) in [6, 6.07) is 5.39. The van der Waals surface area contributed by atoms with Crippen molar-refractivity contribution >= 4 is 40.9 Å². The van der Waals surface area contributed by atoms with Crippen LogP contribution in [-0.2, 0) is 14.3 Å². The Balaban J connectivity index is 2.47. The van der Waals surface area contributed by atoms with Crippen molar-refractivity contribution in [3.63, 3.8) is 0 Å². The first-order valence-electron chi connectivity index (χ1n) is 6.78. The topological polar surface area (TPSA) is 47.9 Å². The quantitative estimate of drug-likeness (QED) is 0.780. The van der Waals surface area contributed by atoms with Crippen molar-refractivity contribution in [3.8, 4) is 0 Å². The zero-order valence-corrected chi connectivity index (χ0v) is 14.0. The molecule has 1 heterocycles. The van der Waals surface area contributed by atoms with Crippen LogP contribution in [-0.4, -0.2) is 29.3 Å². The van der Waals surface area contributed by atoms with E-state index in [9.17, 15) is 4.79 Å². The van der Waals surface area contributed by atoms with Gasteiger partial charge in [-0.25, -0.2) is 9.79 Å². The molecule has 0 amide bonds. The summed E-state index contributed by atoms with van der Waals surface area (Å²) in [6.07, 6.45) is -0.0769. The van der Waals surface area contributed by atoms with Crippen molar-refractivity contribution in [2.24, 2.45) is 4.99 Å². The van der Waals surface area contributed by atoms with Crippen molar-refractivity contribution in [3.05, 3.63) is 23.2 Å². The van der Waals surface area contributed by atoms with Gasteiger partial charge >= 0.3 is 5.97 Å². The van der Waals surface area contributed by atoms with Gasteiger partial charge in [-0.15, -0.1) is 0 Å². The molecule has 2 rings (SSSR count). The highest BCUT2D eigenvalue weighted by atomic mass is 35.5. The minimum Gasteiger partial charge on any atom is -0.477 e. The van der Waals surface area contributed by atoms with Crippen LogP contribution in [0.4, 0.5) is 5.69 Å². The molecule has 0 fully saturated rings. The summed E-state index contributed by atoms with van der Waals surface area (Å²) in [4.78, 5) is 17.7. The Morgan fingerprint density at radius 2 is 2.19 bits per heavy atom. The number of hydrogen-bond donors (Lipinski definition) is 0. The zero-order valence-electron chi connectivity index (χ0n) is 12.5. The average molecular weight is 328 g/mol. The molecule has 1 atom stereocenters. The number of thioether (sulfide) groups is 1. The summed E-state index contributed by atoms with van der Waals surface area (Å²) in [6.45, 7) is 7.65. The Morgan fingerprint density at radius 3 is 2.81 bits per heavy atom. The van der Waals surface area contributed by atoms with E-state index in [1.165, 1.54) is 11.8 Å². The van der Waals surface area contributed by atoms with Gasteiger partial charge in [0.1, 0.15) is 0 Å². The summed E-state index contributed by atoms with van der Waals surface area (Å²) in [5.74, 6) is 0.01000. The molecule has 1 aromatic rings. The first kappa shape index (κ1) is 16.2. The smallest absolute Gasteiger partial charge is 0.331 e. The first-order chi connectivity index (χ1) is 9.86. The van der Waals surface area contributed by atoms with Gasteiger partial charge in [-0.2, -0.15) is 0 Å². The minimum absolute atomic E-state index is 0.0769. The lowest BCUT2D eigenvalue weighted by atomic mass is 10.1. The number of carbonyl (C=O) groups excluding carboxylic acids is 1. The summed E-state index contributed by atoms with van der Waals surface area (Å²) >= 11 is 7.38. The Morgan fingerprint density at radius 1 is 1.48 bits per heavy atom. The van der Waals surface area contributed by atoms with Gasteiger partial charge in [-0.05, 0) is 45.9 Å². The van der Waals surface area contributed by atoms with Crippen molar-refractivity contribution in [2.75, 3.05) is 6.61 Å². The largest absolute Gasteiger partial charge is 0.477 e. The number of hydrogen-bond acceptors (Lipinski definition) is 5. The number of esters is 1. The summed E-state index contributed by atoms with van der Waals surface area (Å²) < 4.78 is 9.94. The van der Waals surface area contributed by atoms with Crippen LogP contribution in [0, 0.1) is 0 Å². The summed E-state index contributed by atoms with van der Waals surface area (Å²) in [5.41, 5.74) is 0.752. The van der Waals surface area contributed by atoms with Gasteiger partial charge in [0.15, 0.2) is 4.75 Å². The van der Waals surface area contributed by atoms with E-state index in [0.29, 0.717) is 17.5 Å². The molecule has 1 unspecified atom stereocenters. The summed E-state index contributed by atoms with van der Waals surface area (Å²) in [7, 11) is 0. The van der Waals surface area contributed by atoms with Gasteiger partial charge in [0.25, 0.3) is 0 Å². The molecule has 0 saturated carbocycles. The van der Waals surface area contributed by atoms with E-state index in [1.54, 1.807) is 26.0 Å². The molecule has 0 spiro atoms. The Kier molecular flexibility index (Phi) is 4.84. The first-order valence-corrected chi connectivity index (χ1v) is 7.98. The van der Waals surface area contributed by atoms with Gasteiger partial charge in [-0.1, -0.05) is 23.4 Å². The van der Waals surface area contributed by atoms with Crippen LogP contribution in [0.25, 0.3) is 0 Å². The van der Waals surface area contributed by atoms with Crippen molar-refractivity contribution < 1.29 is 14.3 Å². The van der Waals surface area contributed by atoms with Gasteiger partial charge in [-0.3, -0.25) is 0 Å². The van der Waals surface area contributed by atoms with E-state index in [0.717, 1.165) is 10.6 Å². The number of rotatable bonds is 3. The summed E-state index contributed by atoms with van der Waals surface area (Å²) in [5, 5.41) is 0.607. The van der Waals surface area contributed by atoms with E-state index >= 15 is 0 Å². The fraction of sp³-hybridized carbons (Fsp3) is 0.467. The number of ether oxygens (including phenoxy) is 2. The molecular formula is C15H18ClNO3S. The van der Waals surface area contributed by atoms with Crippen LogP contribution >= 0.6 is 23.4 Å². The van der Waals surface area contributed by atoms with Crippen molar-refractivity contribution in [1.82, 2.24) is 0 Å². The maximum atomic E-state index is 12.4. The predicted octanol–water partition coefficient (Wildman–Crippen LogP) is 4.22. The fourth-order valence-electron chi connectivity index (χ4n) is 1.90. The molecule has 1 aromatic carbocycles. The molecule has 0 aliphatic carbocycles. The Hall–Kier alpha value is -1.20. The van der Waals surface area contributed by atoms with Gasteiger partial charge < -0.3 is 9.47 Å². The maximum Gasteiger partial charge on any atom is 0.331 e. The molecule has 0 radical (unpaired) electrons. The number of benzene rings is 1. The van der Waals surface area contributed by atoms with Crippen LogP contribution in [0.2, 0.25) is 5.02 Å². The van der Waals surface area contributed by atoms with Crippen LogP contribution in [0.3, 0.4) is 0 Å². The third-order valence-corrected chi connectivity index (χ3v) is 4.41. The third-order valence-electron chi connectivity index (χ3n) is 2.88. The van der Waals surface area contributed by atoms with E-state index in [2.05, 4.69) is 4.99 Å². The number of fused-ring (bicyclic) bond motifs is 1. The maximum absolute atomic E-state index is 12.4. The zero-order chi connectivity index (χ0) is 15.6. The highest BCUT2D eigenvalue weighted by Gasteiger charge is 2.46. The van der Waals surface area contributed by atoms with Crippen LogP contribution in [0.15, 0.2) is 28.1 Å². The Labute approximate surface area is 133 Å². The lowest BCUT2D eigenvalue weighted by Crippen LogP contribution is -2.45. The molecule has 4 nitrogen and oxygen atoms in total. The van der Waals surface area contributed by atoms with Gasteiger partial charge in [0.05, 0.1) is 18.4 Å². The molecule has 6 heteroatoms. The second-order valence-electron chi connectivity index (χ2n) is 5.05. The molecule has 0 saturated heterocycles. The molecule has 0 bridgehead atoms. The highest BCUT2D eigenvalue weighted by Crippen LogP contribution is 2.46. The van der Waals surface area contributed by atoms with E-state index < -0.39 is 4.75 Å². The number of nitrogens with zero attached hydrogens (tertiary/aromatic N) is 1. The average Bonchev–Trinajstić information content (AvgIpc) is 2.39. The van der Waals surface area contributed by atoms with Crippen molar-refractivity contribution in [2.45, 2.75) is 43.4 Å².